The first kappa shape index (κ1) is 9.42. The molecule has 0 fully saturated rings. The van der Waals surface area contributed by atoms with Gasteiger partial charge in [0.2, 0.25) is 0 Å². The zero-order valence-corrected chi connectivity index (χ0v) is 8.17. The molecule has 0 heterocycles. The topological polar surface area (TPSA) is 43.1 Å². The first-order valence-electron chi connectivity index (χ1n) is 3.73. The van der Waals surface area contributed by atoms with Crippen LogP contribution in [0.25, 0.3) is 0 Å². The molecule has 0 radical (unpaired) electrons. The average molecular weight is 228 g/mol. The van der Waals surface area contributed by atoms with Crippen molar-refractivity contribution in [3.05, 3.63) is 34.3 Å². The van der Waals surface area contributed by atoms with Gasteiger partial charge in [-0.15, -0.1) is 0 Å². The molecule has 1 aromatic carbocycles. The predicted molar refractivity (Wildman–Crippen MR) is 52.1 cm³/mol. The molecule has 1 aromatic rings. The van der Waals surface area contributed by atoms with Crippen LogP contribution in [0.15, 0.2) is 28.7 Å². The van der Waals surface area contributed by atoms with Gasteiger partial charge in [-0.1, -0.05) is 34.1 Å². The summed E-state index contributed by atoms with van der Waals surface area (Å²) in [5.74, 6) is 0.0879. The second-order valence-corrected chi connectivity index (χ2v) is 3.30. The van der Waals surface area contributed by atoms with E-state index < -0.39 is 0 Å². The highest BCUT2D eigenvalue weighted by molar-refractivity contribution is 9.10. The Hall–Kier alpha value is -0.670. The van der Waals surface area contributed by atoms with Crippen molar-refractivity contribution >= 4 is 21.7 Å². The summed E-state index contributed by atoms with van der Waals surface area (Å²) in [6.07, 6.45) is 0.405. The van der Waals surface area contributed by atoms with Crippen molar-refractivity contribution in [3.63, 3.8) is 0 Å². The largest absolute Gasteiger partial charge is 0.330 e. The lowest BCUT2D eigenvalue weighted by Gasteiger charge is -2.00. The van der Waals surface area contributed by atoms with Crippen molar-refractivity contribution in [2.45, 2.75) is 6.42 Å². The lowest BCUT2D eigenvalue weighted by atomic mass is 10.1. The van der Waals surface area contributed by atoms with Gasteiger partial charge in [-0.2, -0.15) is 0 Å². The highest BCUT2D eigenvalue weighted by Gasteiger charge is 2.06. The van der Waals surface area contributed by atoms with Gasteiger partial charge in [0.1, 0.15) is 0 Å². The fourth-order valence-corrected chi connectivity index (χ4v) is 1.46. The Kier molecular flexibility index (Phi) is 3.44. The normalized spacial score (nSPS) is 9.83. The molecule has 0 atom stereocenters. The molecule has 64 valence electrons. The van der Waals surface area contributed by atoms with Crippen LogP contribution in [0.5, 0.6) is 0 Å². The van der Waals surface area contributed by atoms with Crippen LogP contribution in [-0.4, -0.2) is 12.3 Å². The Labute approximate surface area is 79.9 Å². The average Bonchev–Trinajstić information content (AvgIpc) is 2.05. The second-order valence-electron chi connectivity index (χ2n) is 2.44. The van der Waals surface area contributed by atoms with Crippen LogP contribution >= 0.6 is 15.9 Å². The first-order chi connectivity index (χ1) is 5.75. The molecule has 0 saturated carbocycles. The molecule has 0 aliphatic rings. The van der Waals surface area contributed by atoms with Gasteiger partial charge < -0.3 is 5.73 Å². The second kappa shape index (κ2) is 4.38. The summed E-state index contributed by atoms with van der Waals surface area (Å²) in [7, 11) is 0. The summed E-state index contributed by atoms with van der Waals surface area (Å²) in [6.45, 7) is 0.403. The van der Waals surface area contributed by atoms with Crippen LogP contribution in [0.2, 0.25) is 0 Å². The fraction of sp³-hybridized carbons (Fsp3) is 0.222. The first-order valence-corrected chi connectivity index (χ1v) is 4.53. The zero-order chi connectivity index (χ0) is 8.97. The molecule has 3 heteroatoms. The summed E-state index contributed by atoms with van der Waals surface area (Å²) in [5, 5.41) is 0. The van der Waals surface area contributed by atoms with Gasteiger partial charge in [0.15, 0.2) is 5.78 Å². The molecule has 0 aromatic heterocycles. The number of carbonyl (C=O) groups is 1. The van der Waals surface area contributed by atoms with Crippen LogP contribution in [0, 0.1) is 0 Å². The van der Waals surface area contributed by atoms with Crippen molar-refractivity contribution in [2.75, 3.05) is 6.54 Å². The highest BCUT2D eigenvalue weighted by Crippen LogP contribution is 2.16. The number of hydrogen-bond donors (Lipinski definition) is 1. The zero-order valence-electron chi connectivity index (χ0n) is 6.59. The van der Waals surface area contributed by atoms with Crippen molar-refractivity contribution < 1.29 is 4.79 Å². The van der Waals surface area contributed by atoms with E-state index in [9.17, 15) is 4.79 Å². The van der Waals surface area contributed by atoms with Crippen molar-refractivity contribution in [1.82, 2.24) is 0 Å². The van der Waals surface area contributed by atoms with Crippen LogP contribution in [0.4, 0.5) is 0 Å². The maximum Gasteiger partial charge on any atom is 0.165 e. The van der Waals surface area contributed by atoms with Gasteiger partial charge in [-0.05, 0) is 12.6 Å². The Morgan fingerprint density at radius 1 is 1.42 bits per heavy atom. The van der Waals surface area contributed by atoms with Crippen LogP contribution < -0.4 is 5.73 Å². The van der Waals surface area contributed by atoms with E-state index in [0.717, 1.165) is 4.47 Å². The number of benzene rings is 1. The van der Waals surface area contributed by atoms with E-state index in [0.29, 0.717) is 18.5 Å². The van der Waals surface area contributed by atoms with Crippen molar-refractivity contribution in [2.24, 2.45) is 5.73 Å². The quantitative estimate of drug-likeness (QED) is 0.803. The molecule has 0 aliphatic carbocycles. The lowest BCUT2D eigenvalue weighted by molar-refractivity contribution is 0.0984. The number of ketones is 1. The van der Waals surface area contributed by atoms with Gasteiger partial charge in [-0.3, -0.25) is 4.79 Å². The minimum absolute atomic E-state index is 0.0879. The van der Waals surface area contributed by atoms with Gasteiger partial charge in [0.25, 0.3) is 0 Å². The summed E-state index contributed by atoms with van der Waals surface area (Å²) < 4.78 is 0.837. The molecule has 2 N–H and O–H groups in total. The number of halogens is 1. The molecule has 0 bridgehead atoms. The molecular weight excluding hydrogens is 218 g/mol. The summed E-state index contributed by atoms with van der Waals surface area (Å²) in [6, 6.07) is 7.36. The minimum Gasteiger partial charge on any atom is -0.330 e. The molecular formula is C9H10BrNO. The van der Waals surface area contributed by atoms with Gasteiger partial charge in [0.05, 0.1) is 0 Å². The Balaban J connectivity index is 2.87. The highest BCUT2D eigenvalue weighted by atomic mass is 79.9. The van der Waals surface area contributed by atoms with E-state index in [4.69, 9.17) is 5.73 Å². The van der Waals surface area contributed by atoms with Crippen molar-refractivity contribution in [3.8, 4) is 0 Å². The van der Waals surface area contributed by atoms with E-state index in [1.807, 2.05) is 18.2 Å². The molecule has 0 aliphatic heterocycles. The van der Waals surface area contributed by atoms with Crippen molar-refractivity contribution in [1.29, 1.82) is 0 Å². The summed E-state index contributed by atoms with van der Waals surface area (Å²) in [5.41, 5.74) is 5.99. The Morgan fingerprint density at radius 2 is 2.08 bits per heavy atom. The minimum atomic E-state index is 0.0879. The number of nitrogens with two attached hydrogens (primary N) is 1. The number of rotatable bonds is 3. The van der Waals surface area contributed by atoms with E-state index in [2.05, 4.69) is 15.9 Å². The predicted octanol–water partition coefficient (Wildman–Crippen LogP) is 1.98. The molecule has 12 heavy (non-hydrogen) atoms. The molecule has 0 unspecified atom stereocenters. The summed E-state index contributed by atoms with van der Waals surface area (Å²) in [4.78, 5) is 11.4. The third-order valence-corrected chi connectivity index (χ3v) is 2.24. The smallest absolute Gasteiger partial charge is 0.165 e. The van der Waals surface area contributed by atoms with E-state index in [-0.39, 0.29) is 5.78 Å². The molecule has 0 saturated heterocycles. The van der Waals surface area contributed by atoms with Crippen LogP contribution in [0.3, 0.4) is 0 Å². The number of hydrogen-bond acceptors (Lipinski definition) is 2. The van der Waals surface area contributed by atoms with Crippen LogP contribution in [-0.2, 0) is 0 Å². The van der Waals surface area contributed by atoms with Gasteiger partial charge in [0, 0.05) is 16.5 Å². The standard InChI is InChI=1S/C9H10BrNO/c10-8-4-2-1-3-7(8)9(12)5-6-11/h1-4H,5-6,11H2. The lowest BCUT2D eigenvalue weighted by Crippen LogP contribution is -2.08. The maximum absolute atomic E-state index is 11.4. The third kappa shape index (κ3) is 2.16. The van der Waals surface area contributed by atoms with Crippen LogP contribution in [0.1, 0.15) is 16.8 Å². The third-order valence-electron chi connectivity index (χ3n) is 1.55. The Bertz CT molecular complexity index is 286. The molecule has 0 amide bonds. The molecule has 2 nitrogen and oxygen atoms in total. The monoisotopic (exact) mass is 227 g/mol. The van der Waals surface area contributed by atoms with E-state index in [1.54, 1.807) is 6.07 Å². The fourth-order valence-electron chi connectivity index (χ4n) is 0.953. The van der Waals surface area contributed by atoms with E-state index in [1.165, 1.54) is 0 Å². The molecule has 0 spiro atoms. The Morgan fingerprint density at radius 3 is 2.67 bits per heavy atom. The number of Topliss-reactive ketones (excluding diaryl/α,β-unsaturated/α-hetero) is 1. The van der Waals surface area contributed by atoms with Gasteiger partial charge >= 0.3 is 0 Å². The summed E-state index contributed by atoms with van der Waals surface area (Å²) >= 11 is 3.31. The molecule has 1 rings (SSSR count). The van der Waals surface area contributed by atoms with E-state index >= 15 is 0 Å². The maximum atomic E-state index is 11.4. The SMILES string of the molecule is NCCC(=O)c1ccccc1Br. The van der Waals surface area contributed by atoms with Gasteiger partial charge in [-0.25, -0.2) is 0 Å². The number of carbonyl (C=O) groups excluding carboxylic acids is 1.